The lowest BCUT2D eigenvalue weighted by atomic mass is 9.98. The zero-order chi connectivity index (χ0) is 19.6. The summed E-state index contributed by atoms with van der Waals surface area (Å²) in [6.07, 6.45) is 13.5. The summed E-state index contributed by atoms with van der Waals surface area (Å²) < 4.78 is 5.56. The van der Waals surface area contributed by atoms with Crippen LogP contribution in [0.3, 0.4) is 0 Å². The van der Waals surface area contributed by atoms with E-state index in [2.05, 4.69) is 63.1 Å². The Kier molecular flexibility index (Phi) is 5.46. The summed E-state index contributed by atoms with van der Waals surface area (Å²) >= 11 is 6.15. The first-order chi connectivity index (χ1) is 14.3. The Bertz CT molecular complexity index is 854. The van der Waals surface area contributed by atoms with Gasteiger partial charge in [0.1, 0.15) is 0 Å². The number of benzene rings is 1. The molecule has 0 saturated carbocycles. The number of hydrogen-bond acceptors (Lipinski definition) is 5. The Balaban J connectivity index is 1.44. The third-order valence-electron chi connectivity index (χ3n) is 6.12. The number of allylic oxidation sites excluding steroid dienone is 4. The number of ether oxygens (including phenoxy) is 1. The van der Waals surface area contributed by atoms with Crippen molar-refractivity contribution in [2.75, 3.05) is 39.4 Å². The highest BCUT2D eigenvalue weighted by atomic mass is 35.5. The number of dihydropyridines is 1. The van der Waals surface area contributed by atoms with Crippen molar-refractivity contribution >= 4 is 11.6 Å². The van der Waals surface area contributed by atoms with E-state index < -0.39 is 0 Å². The maximum atomic E-state index is 6.15. The van der Waals surface area contributed by atoms with Gasteiger partial charge in [-0.15, -0.1) is 0 Å². The molecule has 0 aliphatic carbocycles. The standard InChI is InChI=1S/C23H27ClN4O/c24-20-4-1-18(2-5-20)23-21(16-27-11-13-29-14-12-27)28-15-19(3-6-22(28)26-23)17-7-9-25-10-8-17/h1-9,15,21-23,25-26H,10-14,16H2. The summed E-state index contributed by atoms with van der Waals surface area (Å²) in [5.74, 6) is 0. The SMILES string of the molecule is Clc1ccc(C2NC3C=CC(C4=CCNC=C4)=CN3C2CN2CCOCC2)cc1. The second-order valence-corrected chi connectivity index (χ2v) is 8.35. The maximum absolute atomic E-state index is 6.15. The number of nitrogens with zero attached hydrogens (tertiary/aromatic N) is 2. The van der Waals surface area contributed by atoms with Gasteiger partial charge in [-0.1, -0.05) is 35.9 Å². The Morgan fingerprint density at radius 2 is 1.90 bits per heavy atom. The van der Waals surface area contributed by atoms with Crippen LogP contribution >= 0.6 is 11.6 Å². The van der Waals surface area contributed by atoms with Gasteiger partial charge in [0.2, 0.25) is 0 Å². The molecule has 2 saturated heterocycles. The number of nitrogens with one attached hydrogen (secondary N) is 2. The van der Waals surface area contributed by atoms with Crippen LogP contribution in [0.5, 0.6) is 0 Å². The molecular weight excluding hydrogens is 384 g/mol. The van der Waals surface area contributed by atoms with E-state index in [0.717, 1.165) is 44.4 Å². The lowest BCUT2D eigenvalue weighted by Crippen LogP contribution is -2.46. The summed E-state index contributed by atoms with van der Waals surface area (Å²) in [5, 5.41) is 7.85. The van der Waals surface area contributed by atoms with Gasteiger partial charge in [0.25, 0.3) is 0 Å². The molecule has 4 heterocycles. The first-order valence-electron chi connectivity index (χ1n) is 10.4. The third-order valence-corrected chi connectivity index (χ3v) is 6.37. The molecule has 29 heavy (non-hydrogen) atoms. The molecule has 4 aliphatic heterocycles. The molecule has 0 spiro atoms. The summed E-state index contributed by atoms with van der Waals surface area (Å²) in [7, 11) is 0. The van der Waals surface area contributed by atoms with Crippen molar-refractivity contribution in [2.24, 2.45) is 0 Å². The largest absolute Gasteiger partial charge is 0.387 e. The predicted molar refractivity (Wildman–Crippen MR) is 116 cm³/mol. The molecule has 0 bridgehead atoms. The Morgan fingerprint density at radius 3 is 2.66 bits per heavy atom. The molecule has 0 radical (unpaired) electrons. The zero-order valence-electron chi connectivity index (χ0n) is 16.4. The average molecular weight is 411 g/mol. The molecule has 2 fully saturated rings. The molecular formula is C23H27ClN4O. The number of halogens is 1. The molecule has 6 heteroatoms. The van der Waals surface area contributed by atoms with Gasteiger partial charge in [0, 0.05) is 37.4 Å². The fourth-order valence-corrected chi connectivity index (χ4v) is 4.69. The fourth-order valence-electron chi connectivity index (χ4n) is 4.56. The van der Waals surface area contributed by atoms with E-state index in [1.165, 1.54) is 16.7 Å². The van der Waals surface area contributed by atoms with E-state index in [1.807, 2.05) is 18.3 Å². The van der Waals surface area contributed by atoms with Gasteiger partial charge in [-0.05, 0) is 47.2 Å². The summed E-state index contributed by atoms with van der Waals surface area (Å²) in [6.45, 7) is 5.52. The quantitative estimate of drug-likeness (QED) is 0.798. The van der Waals surface area contributed by atoms with Crippen LogP contribution in [-0.2, 0) is 4.74 Å². The minimum Gasteiger partial charge on any atom is -0.387 e. The summed E-state index contributed by atoms with van der Waals surface area (Å²) in [5.41, 5.74) is 3.83. The smallest absolute Gasteiger partial charge is 0.0994 e. The molecule has 4 aliphatic rings. The van der Waals surface area contributed by atoms with Gasteiger partial charge in [0.15, 0.2) is 0 Å². The molecule has 3 unspecified atom stereocenters. The van der Waals surface area contributed by atoms with Crippen LogP contribution in [0.25, 0.3) is 0 Å². The van der Waals surface area contributed by atoms with E-state index in [4.69, 9.17) is 16.3 Å². The van der Waals surface area contributed by atoms with E-state index in [0.29, 0.717) is 6.04 Å². The topological polar surface area (TPSA) is 39.8 Å². The first-order valence-corrected chi connectivity index (χ1v) is 10.8. The fraction of sp³-hybridized carbons (Fsp3) is 0.391. The molecule has 3 atom stereocenters. The summed E-state index contributed by atoms with van der Waals surface area (Å²) in [4.78, 5) is 5.03. The predicted octanol–water partition coefficient (Wildman–Crippen LogP) is 2.81. The molecule has 1 aromatic carbocycles. The molecule has 1 aromatic rings. The maximum Gasteiger partial charge on any atom is 0.0994 e. The van der Waals surface area contributed by atoms with Gasteiger partial charge in [-0.3, -0.25) is 10.2 Å². The van der Waals surface area contributed by atoms with E-state index in [1.54, 1.807) is 0 Å². The van der Waals surface area contributed by atoms with E-state index in [-0.39, 0.29) is 12.2 Å². The van der Waals surface area contributed by atoms with Crippen molar-refractivity contribution in [3.8, 4) is 0 Å². The Morgan fingerprint density at radius 1 is 1.07 bits per heavy atom. The molecule has 5 nitrogen and oxygen atoms in total. The first kappa shape index (κ1) is 18.9. The number of fused-ring (bicyclic) bond motifs is 1. The van der Waals surface area contributed by atoms with Gasteiger partial charge in [0.05, 0.1) is 31.5 Å². The van der Waals surface area contributed by atoms with Crippen LogP contribution in [0.15, 0.2) is 72.1 Å². The number of hydrogen-bond donors (Lipinski definition) is 2. The highest BCUT2D eigenvalue weighted by molar-refractivity contribution is 6.30. The molecule has 152 valence electrons. The van der Waals surface area contributed by atoms with Crippen molar-refractivity contribution in [3.63, 3.8) is 0 Å². The second kappa shape index (κ2) is 8.36. The highest BCUT2D eigenvalue weighted by Gasteiger charge is 2.41. The number of rotatable bonds is 4. The lowest BCUT2D eigenvalue weighted by Gasteiger charge is -2.36. The third kappa shape index (κ3) is 4.01. The van der Waals surface area contributed by atoms with Crippen LogP contribution in [-0.4, -0.2) is 61.4 Å². The number of morpholine rings is 1. The van der Waals surface area contributed by atoms with Crippen molar-refractivity contribution in [1.82, 2.24) is 20.4 Å². The monoisotopic (exact) mass is 410 g/mol. The van der Waals surface area contributed by atoms with Crippen molar-refractivity contribution in [2.45, 2.75) is 18.2 Å². The van der Waals surface area contributed by atoms with Crippen molar-refractivity contribution < 1.29 is 4.74 Å². The van der Waals surface area contributed by atoms with Crippen molar-refractivity contribution in [3.05, 3.63) is 82.7 Å². The van der Waals surface area contributed by atoms with Gasteiger partial charge >= 0.3 is 0 Å². The molecule has 5 rings (SSSR count). The molecule has 0 aromatic heterocycles. The van der Waals surface area contributed by atoms with Crippen molar-refractivity contribution in [1.29, 1.82) is 0 Å². The van der Waals surface area contributed by atoms with Gasteiger partial charge < -0.3 is 15.0 Å². The minimum absolute atomic E-state index is 0.205. The van der Waals surface area contributed by atoms with Crippen LogP contribution in [0.2, 0.25) is 5.02 Å². The van der Waals surface area contributed by atoms with Crippen LogP contribution in [0, 0.1) is 0 Å². The Labute approximate surface area is 177 Å². The highest BCUT2D eigenvalue weighted by Crippen LogP contribution is 2.35. The lowest BCUT2D eigenvalue weighted by molar-refractivity contribution is 0.0277. The average Bonchev–Trinajstić information content (AvgIpc) is 3.13. The second-order valence-electron chi connectivity index (χ2n) is 7.91. The Hall–Kier alpha value is -2.05. The normalized spacial score (nSPS) is 29.3. The van der Waals surface area contributed by atoms with E-state index >= 15 is 0 Å². The molecule has 2 N–H and O–H groups in total. The van der Waals surface area contributed by atoms with Gasteiger partial charge in [-0.2, -0.15) is 0 Å². The van der Waals surface area contributed by atoms with Gasteiger partial charge in [-0.25, -0.2) is 0 Å². The van der Waals surface area contributed by atoms with Crippen LogP contribution in [0.1, 0.15) is 11.6 Å². The minimum atomic E-state index is 0.205. The molecule has 0 amide bonds. The zero-order valence-corrected chi connectivity index (χ0v) is 17.2. The van der Waals surface area contributed by atoms with E-state index in [9.17, 15) is 0 Å². The summed E-state index contributed by atoms with van der Waals surface area (Å²) in [6, 6.07) is 8.87. The van der Waals surface area contributed by atoms with Crippen LogP contribution < -0.4 is 10.6 Å². The van der Waals surface area contributed by atoms with Crippen LogP contribution in [0.4, 0.5) is 0 Å².